The van der Waals surface area contributed by atoms with Gasteiger partial charge in [-0.25, -0.2) is 18.7 Å². The number of fused-ring (bicyclic) bond motifs is 1. The van der Waals surface area contributed by atoms with Gasteiger partial charge in [-0.05, 0) is 42.8 Å². The van der Waals surface area contributed by atoms with Crippen LogP contribution >= 0.6 is 23.2 Å². The van der Waals surface area contributed by atoms with E-state index in [-0.39, 0.29) is 17.2 Å². The van der Waals surface area contributed by atoms with Crippen LogP contribution in [0.4, 0.5) is 20.3 Å². The second-order valence-corrected chi connectivity index (χ2v) is 7.43. The van der Waals surface area contributed by atoms with Crippen LogP contribution in [0.25, 0.3) is 10.9 Å². The third-order valence-corrected chi connectivity index (χ3v) is 4.94. The average molecular weight is 447 g/mol. The van der Waals surface area contributed by atoms with Crippen LogP contribution in [0, 0.1) is 18.6 Å². The van der Waals surface area contributed by atoms with E-state index in [1.807, 2.05) is 6.07 Å². The molecule has 0 radical (unpaired) electrons. The Morgan fingerprint density at radius 3 is 2.60 bits per heavy atom. The standard InChI is InChI=1S/C21H14Cl2F2N4O/c1-11-26-17(23)9-18(27-11)29(14-4-2-3-13(22)8-14)10-12-7-19(30)28-21-15(12)5-6-16(24)20(21)25/h2-9H,10H2,1H3,(H,28,30). The minimum absolute atomic E-state index is 0.124. The summed E-state index contributed by atoms with van der Waals surface area (Å²) in [4.78, 5) is 24.8. The molecular weight excluding hydrogens is 433 g/mol. The fourth-order valence-corrected chi connectivity index (χ4v) is 3.64. The number of aromatic nitrogens is 3. The molecule has 1 N–H and O–H groups in total. The average Bonchev–Trinajstić information content (AvgIpc) is 2.68. The molecule has 0 spiro atoms. The van der Waals surface area contributed by atoms with Crippen molar-refractivity contribution in [1.29, 1.82) is 0 Å². The van der Waals surface area contributed by atoms with Gasteiger partial charge >= 0.3 is 0 Å². The zero-order valence-corrected chi connectivity index (χ0v) is 17.1. The van der Waals surface area contributed by atoms with E-state index in [4.69, 9.17) is 23.2 Å². The van der Waals surface area contributed by atoms with Crippen LogP contribution in [-0.4, -0.2) is 15.0 Å². The second kappa shape index (κ2) is 8.01. The highest BCUT2D eigenvalue weighted by atomic mass is 35.5. The minimum atomic E-state index is -1.11. The third kappa shape index (κ3) is 3.99. The quantitative estimate of drug-likeness (QED) is 0.417. The highest BCUT2D eigenvalue weighted by Crippen LogP contribution is 2.31. The second-order valence-electron chi connectivity index (χ2n) is 6.60. The van der Waals surface area contributed by atoms with E-state index in [0.29, 0.717) is 33.3 Å². The molecule has 9 heteroatoms. The van der Waals surface area contributed by atoms with Crippen molar-refractivity contribution in [3.05, 3.63) is 92.1 Å². The van der Waals surface area contributed by atoms with Gasteiger partial charge < -0.3 is 9.88 Å². The van der Waals surface area contributed by atoms with Gasteiger partial charge in [-0.1, -0.05) is 29.3 Å². The van der Waals surface area contributed by atoms with Crippen LogP contribution < -0.4 is 10.5 Å². The Balaban J connectivity index is 1.91. The van der Waals surface area contributed by atoms with Gasteiger partial charge in [-0.15, -0.1) is 0 Å². The van der Waals surface area contributed by atoms with Crippen LogP contribution in [0.5, 0.6) is 0 Å². The number of anilines is 2. The van der Waals surface area contributed by atoms with Crippen LogP contribution in [-0.2, 0) is 6.54 Å². The number of nitrogens with zero attached hydrogens (tertiary/aromatic N) is 3. The molecule has 4 rings (SSSR count). The first-order valence-corrected chi connectivity index (χ1v) is 9.61. The number of H-pyrrole nitrogens is 1. The van der Waals surface area contributed by atoms with Gasteiger partial charge in [0.25, 0.3) is 0 Å². The van der Waals surface area contributed by atoms with Gasteiger partial charge in [0, 0.05) is 28.2 Å². The zero-order valence-electron chi connectivity index (χ0n) is 15.6. The molecule has 4 aromatic rings. The fourth-order valence-electron chi connectivity index (χ4n) is 3.24. The van der Waals surface area contributed by atoms with Gasteiger partial charge in [0.05, 0.1) is 12.1 Å². The molecule has 0 saturated heterocycles. The normalized spacial score (nSPS) is 11.1. The maximum absolute atomic E-state index is 14.3. The highest BCUT2D eigenvalue weighted by molar-refractivity contribution is 6.31. The van der Waals surface area contributed by atoms with Gasteiger partial charge in [-0.2, -0.15) is 0 Å². The Morgan fingerprint density at radius 1 is 1.07 bits per heavy atom. The summed E-state index contributed by atoms with van der Waals surface area (Å²) >= 11 is 12.3. The van der Waals surface area contributed by atoms with Gasteiger partial charge in [0.2, 0.25) is 5.56 Å². The Bertz CT molecular complexity index is 1310. The molecule has 2 aromatic heterocycles. The molecule has 0 amide bonds. The summed E-state index contributed by atoms with van der Waals surface area (Å²) in [7, 11) is 0. The van der Waals surface area contributed by atoms with Crippen molar-refractivity contribution >= 4 is 45.6 Å². The van der Waals surface area contributed by atoms with Crippen molar-refractivity contribution in [3.8, 4) is 0 Å². The Hall–Kier alpha value is -3.03. The maximum Gasteiger partial charge on any atom is 0.248 e. The molecule has 152 valence electrons. The van der Waals surface area contributed by atoms with Crippen LogP contribution in [0.3, 0.4) is 0 Å². The number of halogens is 4. The molecule has 0 bridgehead atoms. The summed E-state index contributed by atoms with van der Waals surface area (Å²) in [5.74, 6) is -1.24. The van der Waals surface area contributed by atoms with E-state index in [9.17, 15) is 13.6 Å². The zero-order chi connectivity index (χ0) is 21.4. The molecule has 0 fully saturated rings. The molecular formula is C21H14Cl2F2N4O. The minimum Gasteiger partial charge on any atom is -0.322 e. The van der Waals surface area contributed by atoms with E-state index in [0.717, 1.165) is 6.07 Å². The van der Waals surface area contributed by atoms with Crippen molar-refractivity contribution < 1.29 is 8.78 Å². The number of benzene rings is 2. The fraction of sp³-hybridized carbons (Fsp3) is 0.0952. The lowest BCUT2D eigenvalue weighted by atomic mass is 10.1. The van der Waals surface area contributed by atoms with Gasteiger partial charge in [-0.3, -0.25) is 4.79 Å². The van der Waals surface area contributed by atoms with E-state index in [1.54, 1.807) is 36.1 Å². The maximum atomic E-state index is 14.3. The number of aromatic amines is 1. The Kier molecular flexibility index (Phi) is 5.40. The predicted octanol–water partition coefficient (Wildman–Crippen LogP) is 5.55. The molecule has 0 atom stereocenters. The van der Waals surface area contributed by atoms with E-state index in [1.165, 1.54) is 12.1 Å². The molecule has 0 saturated carbocycles. The summed E-state index contributed by atoms with van der Waals surface area (Å²) in [6, 6.07) is 12.4. The topological polar surface area (TPSA) is 61.9 Å². The number of rotatable bonds is 4. The Morgan fingerprint density at radius 2 is 1.87 bits per heavy atom. The summed E-state index contributed by atoms with van der Waals surface area (Å²) in [6.45, 7) is 1.82. The first-order chi connectivity index (χ1) is 14.3. The molecule has 30 heavy (non-hydrogen) atoms. The first kappa shape index (κ1) is 20.3. The molecule has 2 heterocycles. The van der Waals surface area contributed by atoms with Crippen molar-refractivity contribution in [3.63, 3.8) is 0 Å². The summed E-state index contributed by atoms with van der Waals surface area (Å²) in [6.07, 6.45) is 0. The lowest BCUT2D eigenvalue weighted by Gasteiger charge is -2.25. The lowest BCUT2D eigenvalue weighted by molar-refractivity contribution is 0.515. The van der Waals surface area contributed by atoms with Gasteiger partial charge in [0.1, 0.15) is 16.8 Å². The van der Waals surface area contributed by atoms with Crippen molar-refractivity contribution in [2.45, 2.75) is 13.5 Å². The molecule has 0 aliphatic rings. The number of hydrogen-bond donors (Lipinski definition) is 1. The third-order valence-electron chi connectivity index (χ3n) is 4.51. The van der Waals surface area contributed by atoms with Crippen molar-refractivity contribution in [1.82, 2.24) is 15.0 Å². The van der Waals surface area contributed by atoms with E-state index < -0.39 is 17.2 Å². The summed E-state index contributed by atoms with van der Waals surface area (Å²) in [5, 5.41) is 1.11. The summed E-state index contributed by atoms with van der Waals surface area (Å²) in [5.41, 5.74) is 0.401. The van der Waals surface area contributed by atoms with Crippen molar-refractivity contribution in [2.75, 3.05) is 4.90 Å². The summed E-state index contributed by atoms with van der Waals surface area (Å²) < 4.78 is 28.0. The van der Waals surface area contributed by atoms with Gasteiger partial charge in [0.15, 0.2) is 11.6 Å². The van der Waals surface area contributed by atoms with Crippen LogP contribution in [0.2, 0.25) is 10.2 Å². The monoisotopic (exact) mass is 446 g/mol. The number of aryl methyl sites for hydroxylation is 1. The molecule has 0 aliphatic carbocycles. The van der Waals surface area contributed by atoms with Crippen LogP contribution in [0.1, 0.15) is 11.4 Å². The molecule has 2 aromatic carbocycles. The van der Waals surface area contributed by atoms with Crippen LogP contribution in [0.15, 0.2) is 53.3 Å². The predicted molar refractivity (Wildman–Crippen MR) is 114 cm³/mol. The molecule has 5 nitrogen and oxygen atoms in total. The number of nitrogens with one attached hydrogen (secondary N) is 1. The Labute approximate surface area is 179 Å². The highest BCUT2D eigenvalue weighted by Gasteiger charge is 2.18. The smallest absolute Gasteiger partial charge is 0.248 e. The molecule has 0 unspecified atom stereocenters. The van der Waals surface area contributed by atoms with E-state index >= 15 is 0 Å². The molecule has 0 aliphatic heterocycles. The van der Waals surface area contributed by atoms with E-state index in [2.05, 4.69) is 15.0 Å². The number of hydrogen-bond acceptors (Lipinski definition) is 4. The first-order valence-electron chi connectivity index (χ1n) is 8.86. The number of pyridine rings is 1. The SMILES string of the molecule is Cc1nc(Cl)cc(N(Cc2cc(=O)[nH]c3c(F)c(F)ccc23)c2cccc(Cl)c2)n1. The van der Waals surface area contributed by atoms with Crippen molar-refractivity contribution in [2.24, 2.45) is 0 Å². The largest absolute Gasteiger partial charge is 0.322 e. The lowest BCUT2D eigenvalue weighted by Crippen LogP contribution is -2.20.